The molecule has 0 bridgehead atoms. The molecule has 0 amide bonds. The van der Waals surface area contributed by atoms with Crippen LogP contribution in [-0.2, 0) is 12.3 Å². The van der Waals surface area contributed by atoms with Gasteiger partial charge in [-0.25, -0.2) is 0 Å². The molecule has 136 valence electrons. The van der Waals surface area contributed by atoms with E-state index in [4.69, 9.17) is 34.8 Å². The van der Waals surface area contributed by atoms with E-state index in [-0.39, 0.29) is 0 Å². The molecule has 0 aliphatic heterocycles. The van der Waals surface area contributed by atoms with E-state index in [2.05, 4.69) is 28.6 Å². The molecule has 0 fully saturated rings. The number of nitrogens with zero attached hydrogens (tertiary/aromatic N) is 3. The summed E-state index contributed by atoms with van der Waals surface area (Å²) >= 11 is 19.7. The topological polar surface area (TPSA) is 30.7 Å². The molecule has 0 aliphatic carbocycles. The van der Waals surface area contributed by atoms with E-state index in [0.717, 1.165) is 34.4 Å². The summed E-state index contributed by atoms with van der Waals surface area (Å²) in [6.45, 7) is 5.20. The second-order valence-electron chi connectivity index (χ2n) is 6.35. The Morgan fingerprint density at radius 3 is 2.35 bits per heavy atom. The molecule has 2 aromatic carbocycles. The second kappa shape index (κ2) is 8.66. The molecule has 26 heavy (non-hydrogen) atoms. The fraction of sp³-hybridized carbons (Fsp3) is 0.263. The molecule has 1 aromatic heterocycles. The molecule has 3 rings (SSSR count). The standard InChI is InChI=1S/C19H18Cl3N3S/c1-12(2)10-25-18(14-4-6-15(20)7-5-14)23-24-19(25)26-11-13-3-8-16(21)17(22)9-13/h3-9,12H,10-11H2,1-2H3. The van der Waals surface area contributed by atoms with Crippen LogP contribution in [0.5, 0.6) is 0 Å². The SMILES string of the molecule is CC(C)Cn1c(SCc2ccc(Cl)c(Cl)c2)nnc1-c1ccc(Cl)cc1. The second-order valence-corrected chi connectivity index (χ2v) is 8.55. The quantitative estimate of drug-likeness (QED) is 0.404. The lowest BCUT2D eigenvalue weighted by atomic mass is 10.2. The molecule has 0 radical (unpaired) electrons. The van der Waals surface area contributed by atoms with Crippen molar-refractivity contribution in [2.24, 2.45) is 5.92 Å². The lowest BCUT2D eigenvalue weighted by Crippen LogP contribution is -2.07. The summed E-state index contributed by atoms with van der Waals surface area (Å²) in [5.41, 5.74) is 2.10. The zero-order valence-electron chi connectivity index (χ0n) is 14.4. The van der Waals surface area contributed by atoms with Gasteiger partial charge in [-0.15, -0.1) is 10.2 Å². The molecule has 0 unspecified atom stereocenters. The van der Waals surface area contributed by atoms with Crippen LogP contribution in [-0.4, -0.2) is 14.8 Å². The van der Waals surface area contributed by atoms with Crippen molar-refractivity contribution < 1.29 is 0 Å². The first kappa shape index (κ1) is 19.6. The Kier molecular flexibility index (Phi) is 6.51. The Morgan fingerprint density at radius 2 is 1.69 bits per heavy atom. The Morgan fingerprint density at radius 1 is 0.962 bits per heavy atom. The van der Waals surface area contributed by atoms with E-state index in [1.54, 1.807) is 11.8 Å². The number of benzene rings is 2. The average molecular weight is 427 g/mol. The highest BCUT2D eigenvalue weighted by Crippen LogP contribution is 2.30. The third-order valence-electron chi connectivity index (χ3n) is 3.72. The van der Waals surface area contributed by atoms with Crippen LogP contribution in [0.3, 0.4) is 0 Å². The largest absolute Gasteiger partial charge is 0.302 e. The van der Waals surface area contributed by atoms with Crippen molar-refractivity contribution in [2.75, 3.05) is 0 Å². The van der Waals surface area contributed by atoms with Crippen LogP contribution in [0.4, 0.5) is 0 Å². The molecule has 0 saturated carbocycles. The van der Waals surface area contributed by atoms with Crippen LogP contribution in [0.2, 0.25) is 15.1 Å². The summed E-state index contributed by atoms with van der Waals surface area (Å²) in [5.74, 6) is 2.07. The molecule has 7 heteroatoms. The van der Waals surface area contributed by atoms with Crippen molar-refractivity contribution in [3.8, 4) is 11.4 Å². The highest BCUT2D eigenvalue weighted by Gasteiger charge is 2.15. The monoisotopic (exact) mass is 425 g/mol. The average Bonchev–Trinajstić information content (AvgIpc) is 2.98. The van der Waals surface area contributed by atoms with Crippen molar-refractivity contribution in [1.82, 2.24) is 14.8 Å². The van der Waals surface area contributed by atoms with Crippen LogP contribution in [0.15, 0.2) is 47.6 Å². The molecule has 3 nitrogen and oxygen atoms in total. The van der Waals surface area contributed by atoms with E-state index in [9.17, 15) is 0 Å². The summed E-state index contributed by atoms with van der Waals surface area (Å²) in [7, 11) is 0. The predicted molar refractivity (Wildman–Crippen MR) is 111 cm³/mol. The highest BCUT2D eigenvalue weighted by atomic mass is 35.5. The molecule has 1 heterocycles. The van der Waals surface area contributed by atoms with Gasteiger partial charge < -0.3 is 4.57 Å². The maximum absolute atomic E-state index is 6.11. The van der Waals surface area contributed by atoms with E-state index in [1.807, 2.05) is 42.5 Å². The van der Waals surface area contributed by atoms with Gasteiger partial charge in [0.2, 0.25) is 0 Å². The van der Waals surface area contributed by atoms with Gasteiger partial charge in [-0.1, -0.05) is 66.5 Å². The van der Waals surface area contributed by atoms with Crippen LogP contribution >= 0.6 is 46.6 Å². The van der Waals surface area contributed by atoms with Gasteiger partial charge in [0.25, 0.3) is 0 Å². The van der Waals surface area contributed by atoms with Crippen molar-refractivity contribution >= 4 is 46.6 Å². The number of hydrogen-bond donors (Lipinski definition) is 0. The fourth-order valence-electron chi connectivity index (χ4n) is 2.52. The predicted octanol–water partition coefficient (Wildman–Crippen LogP) is 6.85. The molecule has 0 atom stereocenters. The maximum atomic E-state index is 6.11. The van der Waals surface area contributed by atoms with Gasteiger partial charge in [0, 0.05) is 22.9 Å². The van der Waals surface area contributed by atoms with Gasteiger partial charge in [0.05, 0.1) is 10.0 Å². The summed E-state index contributed by atoms with van der Waals surface area (Å²) in [5, 5.41) is 11.5. The van der Waals surface area contributed by atoms with Crippen molar-refractivity contribution in [2.45, 2.75) is 31.3 Å². The van der Waals surface area contributed by atoms with E-state index in [0.29, 0.717) is 21.0 Å². The van der Waals surface area contributed by atoms with Crippen molar-refractivity contribution in [1.29, 1.82) is 0 Å². The maximum Gasteiger partial charge on any atom is 0.191 e. The minimum Gasteiger partial charge on any atom is -0.302 e. The lowest BCUT2D eigenvalue weighted by molar-refractivity contribution is 0.498. The Labute approximate surface area is 172 Å². The number of hydrogen-bond acceptors (Lipinski definition) is 3. The van der Waals surface area contributed by atoms with Crippen LogP contribution in [0, 0.1) is 5.92 Å². The van der Waals surface area contributed by atoms with Gasteiger partial charge >= 0.3 is 0 Å². The summed E-state index contributed by atoms with van der Waals surface area (Å²) in [6.07, 6.45) is 0. The third kappa shape index (κ3) is 4.74. The first-order chi connectivity index (χ1) is 12.4. The van der Waals surface area contributed by atoms with E-state index >= 15 is 0 Å². The van der Waals surface area contributed by atoms with Crippen molar-refractivity contribution in [3.05, 3.63) is 63.1 Å². The summed E-state index contributed by atoms with van der Waals surface area (Å²) in [6, 6.07) is 13.4. The lowest BCUT2D eigenvalue weighted by Gasteiger charge is -2.12. The van der Waals surface area contributed by atoms with Gasteiger partial charge in [-0.2, -0.15) is 0 Å². The minimum atomic E-state index is 0.473. The number of rotatable bonds is 6. The van der Waals surface area contributed by atoms with Gasteiger partial charge in [0.1, 0.15) is 0 Å². The van der Waals surface area contributed by atoms with Crippen LogP contribution in [0.1, 0.15) is 19.4 Å². The smallest absolute Gasteiger partial charge is 0.191 e. The molecule has 0 spiro atoms. The molecular formula is C19H18Cl3N3S. The first-order valence-corrected chi connectivity index (χ1v) is 10.3. The third-order valence-corrected chi connectivity index (χ3v) is 5.75. The first-order valence-electron chi connectivity index (χ1n) is 8.20. The summed E-state index contributed by atoms with van der Waals surface area (Å²) in [4.78, 5) is 0. The number of halogens is 3. The molecule has 3 aromatic rings. The molecule has 0 N–H and O–H groups in total. The Hall–Kier alpha value is -1.20. The molecular weight excluding hydrogens is 409 g/mol. The number of aromatic nitrogens is 3. The Balaban J connectivity index is 1.86. The zero-order valence-corrected chi connectivity index (χ0v) is 17.5. The van der Waals surface area contributed by atoms with Gasteiger partial charge in [0.15, 0.2) is 11.0 Å². The zero-order chi connectivity index (χ0) is 18.7. The molecule has 0 aliphatic rings. The molecule has 0 saturated heterocycles. The van der Waals surface area contributed by atoms with Crippen LogP contribution < -0.4 is 0 Å². The van der Waals surface area contributed by atoms with Crippen LogP contribution in [0.25, 0.3) is 11.4 Å². The highest BCUT2D eigenvalue weighted by molar-refractivity contribution is 7.98. The Bertz CT molecular complexity index is 892. The van der Waals surface area contributed by atoms with Gasteiger partial charge in [-0.05, 0) is 47.9 Å². The van der Waals surface area contributed by atoms with E-state index in [1.165, 1.54) is 0 Å². The fourth-order valence-corrected chi connectivity index (χ4v) is 3.85. The number of thioether (sulfide) groups is 1. The van der Waals surface area contributed by atoms with Gasteiger partial charge in [-0.3, -0.25) is 0 Å². The minimum absolute atomic E-state index is 0.473. The van der Waals surface area contributed by atoms with Crippen molar-refractivity contribution in [3.63, 3.8) is 0 Å². The van der Waals surface area contributed by atoms with E-state index < -0.39 is 0 Å². The normalized spacial score (nSPS) is 11.3. The summed E-state index contributed by atoms with van der Waals surface area (Å²) < 4.78 is 2.16.